The van der Waals surface area contributed by atoms with E-state index in [2.05, 4.69) is 10.1 Å². The molecular weight excluding hydrogens is 262 g/mol. The molecule has 0 aliphatic heterocycles. The van der Waals surface area contributed by atoms with Crippen molar-refractivity contribution in [3.63, 3.8) is 0 Å². The van der Waals surface area contributed by atoms with E-state index < -0.39 is 0 Å². The van der Waals surface area contributed by atoms with Crippen molar-refractivity contribution in [1.29, 1.82) is 0 Å². The lowest BCUT2D eigenvalue weighted by Gasteiger charge is -2.18. The maximum absolute atomic E-state index is 12.2. The van der Waals surface area contributed by atoms with Crippen molar-refractivity contribution in [2.45, 2.75) is 33.4 Å². The minimum atomic E-state index is -0.349. The Hall–Kier alpha value is -1.63. The first-order valence-corrected chi connectivity index (χ1v) is 6.68. The van der Waals surface area contributed by atoms with Gasteiger partial charge in [0.2, 0.25) is 5.91 Å². The van der Waals surface area contributed by atoms with Crippen molar-refractivity contribution in [3.8, 4) is 0 Å². The molecule has 2 aromatic rings. The zero-order valence-corrected chi connectivity index (χ0v) is 12.7. The molecule has 0 saturated carbocycles. The standard InChI is InChI=1S/C12H19N5OS/c1-6-16-10-9(7(2)14-16)13-12(19)17(10)8(3)11(18)15(4)5/h8H,6H2,1-5H3,(H,13,19). The molecule has 0 aliphatic rings. The Kier molecular flexibility index (Phi) is 3.49. The van der Waals surface area contributed by atoms with Crippen molar-refractivity contribution in [2.75, 3.05) is 14.1 Å². The second-order valence-electron chi connectivity index (χ2n) is 4.81. The monoisotopic (exact) mass is 281 g/mol. The van der Waals surface area contributed by atoms with E-state index >= 15 is 0 Å². The number of likely N-dealkylation sites (N-methyl/N-ethyl adjacent to an activating group) is 1. The van der Waals surface area contributed by atoms with E-state index in [0.29, 0.717) is 4.77 Å². The molecular formula is C12H19N5OS. The van der Waals surface area contributed by atoms with E-state index in [0.717, 1.165) is 23.4 Å². The summed E-state index contributed by atoms with van der Waals surface area (Å²) in [5.41, 5.74) is 2.68. The third-order valence-electron chi connectivity index (χ3n) is 3.26. The summed E-state index contributed by atoms with van der Waals surface area (Å²) in [5.74, 6) is 0.0125. The van der Waals surface area contributed by atoms with E-state index in [4.69, 9.17) is 12.2 Å². The van der Waals surface area contributed by atoms with E-state index in [-0.39, 0.29) is 11.9 Å². The third kappa shape index (κ3) is 2.07. The molecule has 6 nitrogen and oxygen atoms in total. The van der Waals surface area contributed by atoms with Crippen LogP contribution in [0.2, 0.25) is 0 Å². The number of fused-ring (bicyclic) bond motifs is 1. The Morgan fingerprint density at radius 2 is 2.16 bits per heavy atom. The first-order valence-electron chi connectivity index (χ1n) is 6.27. The van der Waals surface area contributed by atoms with Gasteiger partial charge in [-0.25, -0.2) is 4.68 Å². The van der Waals surface area contributed by atoms with Gasteiger partial charge in [-0.2, -0.15) is 5.10 Å². The molecule has 2 rings (SSSR count). The van der Waals surface area contributed by atoms with Crippen LogP contribution < -0.4 is 0 Å². The average Bonchev–Trinajstić information content (AvgIpc) is 2.84. The van der Waals surface area contributed by atoms with Crippen molar-refractivity contribution in [3.05, 3.63) is 10.5 Å². The number of aromatic amines is 1. The van der Waals surface area contributed by atoms with Gasteiger partial charge < -0.3 is 9.88 Å². The number of aromatic nitrogens is 4. The van der Waals surface area contributed by atoms with E-state index in [1.54, 1.807) is 19.0 Å². The number of imidazole rings is 1. The maximum atomic E-state index is 12.2. The zero-order chi connectivity index (χ0) is 14.3. The normalized spacial score (nSPS) is 12.9. The van der Waals surface area contributed by atoms with Crippen molar-refractivity contribution < 1.29 is 4.79 Å². The van der Waals surface area contributed by atoms with Crippen LogP contribution in [0.5, 0.6) is 0 Å². The van der Waals surface area contributed by atoms with Crippen molar-refractivity contribution >= 4 is 29.3 Å². The third-order valence-corrected chi connectivity index (χ3v) is 3.56. The number of H-pyrrole nitrogens is 1. The molecule has 7 heteroatoms. The number of carbonyl (C=O) groups excluding carboxylic acids is 1. The molecule has 0 aromatic carbocycles. The number of rotatable bonds is 3. The van der Waals surface area contributed by atoms with Crippen LogP contribution in [0.4, 0.5) is 0 Å². The van der Waals surface area contributed by atoms with E-state index in [9.17, 15) is 4.79 Å². The number of hydrogen-bond acceptors (Lipinski definition) is 3. The fourth-order valence-corrected chi connectivity index (χ4v) is 2.63. The number of amides is 1. The highest BCUT2D eigenvalue weighted by atomic mass is 32.1. The Morgan fingerprint density at radius 3 is 2.68 bits per heavy atom. The summed E-state index contributed by atoms with van der Waals surface area (Å²) < 4.78 is 4.27. The SMILES string of the molecule is CCn1nc(C)c2[nH]c(=S)n(C(C)C(=O)N(C)C)c21. The number of hydrogen-bond donors (Lipinski definition) is 1. The van der Waals surface area contributed by atoms with Crippen LogP contribution in [0.25, 0.3) is 11.2 Å². The number of nitrogens with one attached hydrogen (secondary N) is 1. The van der Waals surface area contributed by atoms with Gasteiger partial charge in [0.15, 0.2) is 10.4 Å². The summed E-state index contributed by atoms with van der Waals surface area (Å²) in [7, 11) is 3.49. The summed E-state index contributed by atoms with van der Waals surface area (Å²) in [5, 5.41) is 4.45. The van der Waals surface area contributed by atoms with Gasteiger partial charge in [-0.05, 0) is 33.0 Å². The van der Waals surface area contributed by atoms with Crippen LogP contribution in [0.15, 0.2) is 0 Å². The number of carbonyl (C=O) groups is 1. The lowest BCUT2D eigenvalue weighted by atomic mass is 10.3. The molecule has 1 unspecified atom stereocenters. The number of nitrogens with zero attached hydrogens (tertiary/aromatic N) is 4. The second kappa shape index (κ2) is 4.80. The molecule has 0 aliphatic carbocycles. The highest BCUT2D eigenvalue weighted by Crippen LogP contribution is 2.22. The van der Waals surface area contributed by atoms with Gasteiger partial charge in [-0.1, -0.05) is 0 Å². The van der Waals surface area contributed by atoms with Crippen molar-refractivity contribution in [2.24, 2.45) is 0 Å². The molecule has 0 fully saturated rings. The predicted octanol–water partition coefficient (Wildman–Crippen LogP) is 1.87. The highest BCUT2D eigenvalue weighted by Gasteiger charge is 2.23. The van der Waals surface area contributed by atoms with Gasteiger partial charge in [-0.3, -0.25) is 9.36 Å². The molecule has 2 heterocycles. The van der Waals surface area contributed by atoms with Crippen LogP contribution in [-0.2, 0) is 11.3 Å². The lowest BCUT2D eigenvalue weighted by Crippen LogP contribution is -2.30. The molecule has 1 atom stereocenters. The molecule has 0 bridgehead atoms. The summed E-state index contributed by atoms with van der Waals surface area (Å²) in [6.07, 6.45) is 0. The number of aryl methyl sites for hydroxylation is 2. The average molecular weight is 281 g/mol. The fourth-order valence-electron chi connectivity index (χ4n) is 2.29. The minimum Gasteiger partial charge on any atom is -0.347 e. The summed E-state index contributed by atoms with van der Waals surface area (Å²) in [6, 6.07) is -0.349. The first-order chi connectivity index (χ1) is 8.88. The fraction of sp³-hybridized carbons (Fsp3) is 0.583. The van der Waals surface area contributed by atoms with Crippen LogP contribution in [0.3, 0.4) is 0 Å². The van der Waals surface area contributed by atoms with Crippen LogP contribution in [-0.4, -0.2) is 44.2 Å². The molecule has 0 radical (unpaired) electrons. The van der Waals surface area contributed by atoms with Crippen molar-refractivity contribution in [1.82, 2.24) is 24.2 Å². The second-order valence-corrected chi connectivity index (χ2v) is 5.20. The Bertz CT molecular complexity index is 678. The molecule has 1 N–H and O–H groups in total. The molecule has 0 spiro atoms. The predicted molar refractivity (Wildman–Crippen MR) is 76.7 cm³/mol. The summed E-state index contributed by atoms with van der Waals surface area (Å²) in [6.45, 7) is 6.54. The lowest BCUT2D eigenvalue weighted by molar-refractivity contribution is -0.131. The maximum Gasteiger partial charge on any atom is 0.244 e. The largest absolute Gasteiger partial charge is 0.347 e. The van der Waals surface area contributed by atoms with E-state index in [1.807, 2.05) is 30.0 Å². The topological polar surface area (TPSA) is 58.9 Å². The van der Waals surface area contributed by atoms with E-state index in [1.165, 1.54) is 0 Å². The summed E-state index contributed by atoms with van der Waals surface area (Å²) in [4.78, 5) is 16.9. The van der Waals surface area contributed by atoms with Crippen LogP contribution in [0.1, 0.15) is 25.6 Å². The quantitative estimate of drug-likeness (QED) is 0.874. The van der Waals surface area contributed by atoms with Gasteiger partial charge >= 0.3 is 0 Å². The molecule has 104 valence electrons. The molecule has 2 aromatic heterocycles. The Balaban J connectivity index is 2.69. The Labute approximate surface area is 117 Å². The Morgan fingerprint density at radius 1 is 1.53 bits per heavy atom. The molecule has 1 amide bonds. The van der Waals surface area contributed by atoms with Gasteiger partial charge in [0.1, 0.15) is 11.6 Å². The van der Waals surface area contributed by atoms with Gasteiger partial charge in [0.25, 0.3) is 0 Å². The van der Waals surface area contributed by atoms with Crippen LogP contribution >= 0.6 is 12.2 Å². The van der Waals surface area contributed by atoms with Gasteiger partial charge in [0.05, 0.1) is 5.69 Å². The summed E-state index contributed by atoms with van der Waals surface area (Å²) >= 11 is 5.35. The molecule has 0 saturated heterocycles. The first kappa shape index (κ1) is 13.8. The zero-order valence-electron chi connectivity index (χ0n) is 11.9. The smallest absolute Gasteiger partial charge is 0.244 e. The van der Waals surface area contributed by atoms with Gasteiger partial charge in [-0.15, -0.1) is 0 Å². The molecule has 19 heavy (non-hydrogen) atoms. The highest BCUT2D eigenvalue weighted by molar-refractivity contribution is 7.71. The van der Waals surface area contributed by atoms with Crippen LogP contribution in [0, 0.1) is 11.7 Å². The van der Waals surface area contributed by atoms with Gasteiger partial charge in [0, 0.05) is 20.6 Å². The minimum absolute atomic E-state index is 0.0125.